The molecule has 0 radical (unpaired) electrons. The molecule has 0 aromatic heterocycles. The molecule has 0 aliphatic carbocycles. The lowest BCUT2D eigenvalue weighted by molar-refractivity contribution is 0.382. The molecule has 110 valence electrons. The molecule has 0 amide bonds. The molecule has 1 aliphatic rings. The van der Waals surface area contributed by atoms with Gasteiger partial charge < -0.3 is 15.6 Å². The first-order valence-electron chi connectivity index (χ1n) is 6.68. The number of allylic oxidation sites excluding steroid dienone is 1. The minimum Gasteiger partial charge on any atom is -0.507 e. The van der Waals surface area contributed by atoms with E-state index in [0.717, 1.165) is 11.1 Å². The van der Waals surface area contributed by atoms with E-state index in [2.05, 4.69) is 6.07 Å². The van der Waals surface area contributed by atoms with Crippen LogP contribution in [0.25, 0.3) is 0 Å². The van der Waals surface area contributed by atoms with Crippen LogP contribution in [0, 0.1) is 18.3 Å². The molecule has 1 atom stereocenters. The number of nitrogens with two attached hydrogens (primary N) is 1. The van der Waals surface area contributed by atoms with Crippen molar-refractivity contribution in [1.29, 1.82) is 5.26 Å². The van der Waals surface area contributed by atoms with Crippen LogP contribution < -0.4 is 10.5 Å². The second kappa shape index (κ2) is 5.28. The number of rotatable bonds is 1. The van der Waals surface area contributed by atoms with Gasteiger partial charge in [-0.2, -0.15) is 5.26 Å². The Kier molecular flexibility index (Phi) is 3.44. The highest BCUT2D eigenvalue weighted by Crippen LogP contribution is 2.46. The quantitative estimate of drug-likeness (QED) is 0.843. The fourth-order valence-electron chi connectivity index (χ4n) is 2.69. The molecule has 4 nitrogen and oxygen atoms in total. The number of benzene rings is 2. The molecule has 2 aromatic carbocycles. The third-order valence-electron chi connectivity index (χ3n) is 3.65. The Hall–Kier alpha value is -2.64. The third-order valence-corrected chi connectivity index (χ3v) is 3.90. The van der Waals surface area contributed by atoms with Crippen molar-refractivity contribution >= 4 is 11.6 Å². The number of fused-ring (bicyclic) bond motifs is 1. The minimum absolute atomic E-state index is 0.0555. The average molecular weight is 313 g/mol. The summed E-state index contributed by atoms with van der Waals surface area (Å²) in [5.41, 5.74) is 8.36. The molecule has 5 heteroatoms. The summed E-state index contributed by atoms with van der Waals surface area (Å²) in [5, 5.41) is 20.4. The molecular formula is C17H13ClN2O2. The van der Waals surface area contributed by atoms with E-state index < -0.39 is 5.92 Å². The van der Waals surface area contributed by atoms with Gasteiger partial charge in [-0.1, -0.05) is 23.7 Å². The molecular weight excluding hydrogens is 300 g/mol. The average Bonchev–Trinajstić information content (AvgIpc) is 2.46. The first kappa shape index (κ1) is 14.3. The predicted octanol–water partition coefficient (Wildman–Crippen LogP) is 3.57. The van der Waals surface area contributed by atoms with Gasteiger partial charge in [-0.05, 0) is 42.3 Å². The van der Waals surface area contributed by atoms with Crippen LogP contribution in [0.15, 0.2) is 47.9 Å². The van der Waals surface area contributed by atoms with Crippen LogP contribution >= 0.6 is 11.6 Å². The molecule has 0 fully saturated rings. The van der Waals surface area contributed by atoms with Crippen molar-refractivity contribution in [3.8, 4) is 17.6 Å². The van der Waals surface area contributed by atoms with E-state index in [1.165, 1.54) is 0 Å². The monoisotopic (exact) mass is 312 g/mol. The summed E-state index contributed by atoms with van der Waals surface area (Å²) < 4.78 is 5.52. The molecule has 0 saturated heterocycles. The van der Waals surface area contributed by atoms with Gasteiger partial charge in [0, 0.05) is 10.6 Å². The zero-order chi connectivity index (χ0) is 15.9. The summed E-state index contributed by atoms with van der Waals surface area (Å²) in [6.45, 7) is 1.85. The second-order valence-electron chi connectivity index (χ2n) is 5.17. The molecule has 1 unspecified atom stereocenters. The number of aryl methyl sites for hydroxylation is 1. The fourth-order valence-corrected chi connectivity index (χ4v) is 2.81. The number of phenolic OH excluding ortho intramolecular Hbond substituents is 1. The lowest BCUT2D eigenvalue weighted by Gasteiger charge is -2.27. The molecule has 3 N–H and O–H groups in total. The largest absolute Gasteiger partial charge is 0.507 e. The van der Waals surface area contributed by atoms with Crippen molar-refractivity contribution in [2.24, 2.45) is 5.73 Å². The van der Waals surface area contributed by atoms with E-state index in [4.69, 9.17) is 22.1 Å². The van der Waals surface area contributed by atoms with Gasteiger partial charge in [-0.15, -0.1) is 0 Å². The smallest absolute Gasteiger partial charge is 0.205 e. The van der Waals surface area contributed by atoms with Gasteiger partial charge in [0.2, 0.25) is 5.88 Å². The minimum atomic E-state index is -0.480. The Morgan fingerprint density at radius 2 is 1.95 bits per heavy atom. The molecule has 3 rings (SSSR count). The normalized spacial score (nSPS) is 16.7. The van der Waals surface area contributed by atoms with Crippen LogP contribution in [0.4, 0.5) is 0 Å². The van der Waals surface area contributed by atoms with E-state index in [0.29, 0.717) is 16.3 Å². The maximum absolute atomic E-state index is 10.3. The number of ether oxygens (including phenoxy) is 1. The summed E-state index contributed by atoms with van der Waals surface area (Å²) >= 11 is 5.93. The Balaban J connectivity index is 2.27. The highest BCUT2D eigenvalue weighted by Gasteiger charge is 2.33. The van der Waals surface area contributed by atoms with Gasteiger partial charge in [0.25, 0.3) is 0 Å². The van der Waals surface area contributed by atoms with Crippen molar-refractivity contribution in [3.05, 3.63) is 69.6 Å². The standard InChI is InChI=1S/C17H13ClN2O2/c1-9-6-13(21)16-14(7-9)22-17(20)12(8-19)15(16)10-2-4-11(18)5-3-10/h2-7,15,21H,20H2,1H3. The molecule has 1 aliphatic heterocycles. The van der Waals surface area contributed by atoms with Crippen LogP contribution in [0.2, 0.25) is 5.02 Å². The molecule has 1 heterocycles. The predicted molar refractivity (Wildman–Crippen MR) is 83.6 cm³/mol. The van der Waals surface area contributed by atoms with Crippen molar-refractivity contribution < 1.29 is 9.84 Å². The molecule has 0 saturated carbocycles. The molecule has 2 aromatic rings. The van der Waals surface area contributed by atoms with Crippen LogP contribution in [0.5, 0.6) is 11.5 Å². The molecule has 0 bridgehead atoms. The van der Waals surface area contributed by atoms with Crippen molar-refractivity contribution in [2.75, 3.05) is 0 Å². The molecule has 22 heavy (non-hydrogen) atoms. The number of hydrogen-bond acceptors (Lipinski definition) is 4. The van der Waals surface area contributed by atoms with E-state index in [1.54, 1.807) is 24.3 Å². The maximum atomic E-state index is 10.3. The third kappa shape index (κ3) is 2.26. The van der Waals surface area contributed by atoms with Crippen LogP contribution in [-0.2, 0) is 0 Å². The van der Waals surface area contributed by atoms with E-state index >= 15 is 0 Å². The Bertz CT molecular complexity index is 820. The maximum Gasteiger partial charge on any atom is 0.205 e. The molecule has 0 spiro atoms. The first-order chi connectivity index (χ1) is 10.5. The number of aromatic hydroxyl groups is 1. The fraction of sp³-hybridized carbons (Fsp3) is 0.118. The van der Waals surface area contributed by atoms with E-state index in [1.807, 2.05) is 19.1 Å². The van der Waals surface area contributed by atoms with Crippen molar-refractivity contribution in [3.63, 3.8) is 0 Å². The van der Waals surface area contributed by atoms with Gasteiger partial charge >= 0.3 is 0 Å². The van der Waals surface area contributed by atoms with Crippen LogP contribution in [0.1, 0.15) is 22.6 Å². The van der Waals surface area contributed by atoms with Gasteiger partial charge in [0.1, 0.15) is 23.1 Å². The van der Waals surface area contributed by atoms with Gasteiger partial charge in [0.05, 0.1) is 5.92 Å². The van der Waals surface area contributed by atoms with Gasteiger partial charge in [0.15, 0.2) is 0 Å². The van der Waals surface area contributed by atoms with Crippen LogP contribution in [0.3, 0.4) is 0 Å². The van der Waals surface area contributed by atoms with Gasteiger partial charge in [-0.25, -0.2) is 0 Å². The topological polar surface area (TPSA) is 79.3 Å². The number of nitriles is 1. The van der Waals surface area contributed by atoms with Crippen molar-refractivity contribution in [2.45, 2.75) is 12.8 Å². The zero-order valence-corrected chi connectivity index (χ0v) is 12.6. The Labute approximate surface area is 133 Å². The summed E-state index contributed by atoms with van der Waals surface area (Å²) in [5.74, 6) is 0.121. The first-order valence-corrected chi connectivity index (χ1v) is 7.05. The Morgan fingerprint density at radius 3 is 2.59 bits per heavy atom. The second-order valence-corrected chi connectivity index (χ2v) is 5.61. The van der Waals surface area contributed by atoms with Crippen molar-refractivity contribution in [1.82, 2.24) is 0 Å². The lowest BCUT2D eigenvalue weighted by atomic mass is 9.82. The van der Waals surface area contributed by atoms with E-state index in [9.17, 15) is 10.4 Å². The Morgan fingerprint density at radius 1 is 1.27 bits per heavy atom. The number of nitrogens with zero attached hydrogens (tertiary/aromatic N) is 1. The number of halogens is 1. The van der Waals surface area contributed by atoms with Gasteiger partial charge in [-0.3, -0.25) is 0 Å². The van der Waals surface area contributed by atoms with E-state index in [-0.39, 0.29) is 17.2 Å². The number of phenols is 1. The summed E-state index contributed by atoms with van der Waals surface area (Å²) in [7, 11) is 0. The van der Waals surface area contributed by atoms with Crippen LogP contribution in [-0.4, -0.2) is 5.11 Å². The SMILES string of the molecule is Cc1cc(O)c2c(c1)OC(N)=C(C#N)C2c1ccc(Cl)cc1. The summed E-state index contributed by atoms with van der Waals surface area (Å²) in [4.78, 5) is 0. The highest BCUT2D eigenvalue weighted by molar-refractivity contribution is 6.30. The lowest BCUT2D eigenvalue weighted by Crippen LogP contribution is -2.21. The highest BCUT2D eigenvalue weighted by atomic mass is 35.5. The number of hydrogen-bond donors (Lipinski definition) is 2. The zero-order valence-electron chi connectivity index (χ0n) is 11.8. The summed E-state index contributed by atoms with van der Waals surface area (Å²) in [6, 6.07) is 12.6. The summed E-state index contributed by atoms with van der Waals surface area (Å²) in [6.07, 6.45) is 0.